The van der Waals surface area contributed by atoms with Crippen LogP contribution in [0.3, 0.4) is 0 Å². The fraction of sp³-hybridized carbons (Fsp3) is 0.333. The minimum atomic E-state index is -1.43. The van der Waals surface area contributed by atoms with Crippen LogP contribution in [0, 0.1) is 27.4 Å². The van der Waals surface area contributed by atoms with Gasteiger partial charge in [-0.05, 0) is 11.6 Å². The summed E-state index contributed by atoms with van der Waals surface area (Å²) < 4.78 is 13.1. The lowest BCUT2D eigenvalue weighted by atomic mass is 10.1. The molecular weight excluding hydrogens is 237 g/mol. The fourth-order valence-corrected chi connectivity index (χ4v) is 1.84. The second-order valence-electron chi connectivity index (χ2n) is 4.77. The molecule has 1 rings (SSSR count). The first-order chi connectivity index (χ1) is 7.79. The summed E-state index contributed by atoms with van der Waals surface area (Å²) >= 11 is 0. The molecule has 0 aliphatic carbocycles. The van der Waals surface area contributed by atoms with Crippen LogP contribution in [0.25, 0.3) is 0 Å². The van der Waals surface area contributed by atoms with Gasteiger partial charge in [0.05, 0.1) is 4.92 Å². The number of hydrogen-bond acceptors (Lipinski definition) is 2. The van der Waals surface area contributed by atoms with E-state index in [2.05, 4.69) is 31.1 Å². The van der Waals surface area contributed by atoms with Gasteiger partial charge in [0.2, 0.25) is 5.82 Å². The molecule has 0 atom stereocenters. The normalized spacial score (nSPS) is 10.6. The van der Waals surface area contributed by atoms with Crippen molar-refractivity contribution < 1.29 is 9.31 Å². The molecule has 0 heterocycles. The molecule has 0 aromatic heterocycles. The Kier molecular flexibility index (Phi) is 4.02. The van der Waals surface area contributed by atoms with Crippen molar-refractivity contribution in [2.75, 3.05) is 0 Å². The van der Waals surface area contributed by atoms with Gasteiger partial charge >= 0.3 is 5.69 Å². The maximum Gasteiger partial charge on any atom is 0.305 e. The lowest BCUT2D eigenvalue weighted by molar-refractivity contribution is -0.387. The first kappa shape index (κ1) is 13.4. The number of nitro benzene ring substituents is 1. The van der Waals surface area contributed by atoms with Gasteiger partial charge in [0, 0.05) is 12.5 Å². The highest BCUT2D eigenvalue weighted by atomic mass is 28.3. The quantitative estimate of drug-likeness (QED) is 0.351. The third-order valence-electron chi connectivity index (χ3n) is 1.96. The number of halogens is 1. The van der Waals surface area contributed by atoms with Crippen molar-refractivity contribution in [1.29, 1.82) is 0 Å². The Morgan fingerprint density at radius 1 is 1.41 bits per heavy atom. The van der Waals surface area contributed by atoms with Crippen LogP contribution in [0.15, 0.2) is 18.2 Å². The molecule has 1 aromatic rings. The van der Waals surface area contributed by atoms with E-state index >= 15 is 0 Å². The van der Waals surface area contributed by atoms with Gasteiger partial charge in [-0.1, -0.05) is 25.7 Å². The summed E-state index contributed by atoms with van der Waals surface area (Å²) in [4.78, 5) is 9.83. The molecule has 0 aliphatic heterocycles. The number of nitro groups is 1. The molecule has 0 unspecified atom stereocenters. The smallest absolute Gasteiger partial charge is 0.258 e. The Morgan fingerprint density at radius 3 is 2.59 bits per heavy atom. The number of nitrogens with zero attached hydrogens (tertiary/aromatic N) is 1. The topological polar surface area (TPSA) is 43.1 Å². The van der Waals surface area contributed by atoms with Crippen molar-refractivity contribution in [3.05, 3.63) is 39.7 Å². The minimum absolute atomic E-state index is 0.422. The van der Waals surface area contributed by atoms with Gasteiger partial charge in [0.15, 0.2) is 0 Å². The predicted octanol–water partition coefficient (Wildman–Crippen LogP) is 3.16. The summed E-state index contributed by atoms with van der Waals surface area (Å²) in [6.45, 7) is 6.35. The zero-order valence-corrected chi connectivity index (χ0v) is 11.1. The molecule has 0 amide bonds. The molecule has 0 bridgehead atoms. The van der Waals surface area contributed by atoms with Gasteiger partial charge in [0.25, 0.3) is 0 Å². The summed E-state index contributed by atoms with van der Waals surface area (Å²) in [5.41, 5.74) is 3.34. The van der Waals surface area contributed by atoms with E-state index in [1.165, 1.54) is 12.1 Å². The van der Waals surface area contributed by atoms with Gasteiger partial charge in [-0.3, -0.25) is 10.1 Å². The molecule has 0 N–H and O–H groups in total. The van der Waals surface area contributed by atoms with E-state index in [1.54, 1.807) is 0 Å². The van der Waals surface area contributed by atoms with E-state index in [4.69, 9.17) is 0 Å². The van der Waals surface area contributed by atoms with Crippen LogP contribution in [0.1, 0.15) is 5.56 Å². The molecule has 5 heteroatoms. The maximum absolute atomic E-state index is 13.1. The lowest BCUT2D eigenvalue weighted by Crippen LogP contribution is -2.16. The lowest BCUT2D eigenvalue weighted by Gasteiger charge is -2.03. The number of hydrogen-bond donors (Lipinski definition) is 0. The van der Waals surface area contributed by atoms with E-state index in [-0.39, 0.29) is 0 Å². The van der Waals surface area contributed by atoms with E-state index < -0.39 is 24.5 Å². The van der Waals surface area contributed by atoms with Crippen LogP contribution < -0.4 is 0 Å². The molecule has 0 fully saturated rings. The van der Waals surface area contributed by atoms with Gasteiger partial charge in [-0.15, -0.1) is 11.5 Å². The average Bonchev–Trinajstić information content (AvgIpc) is 2.18. The Labute approximate surface area is 101 Å². The second kappa shape index (κ2) is 5.10. The molecule has 0 aliphatic rings. The molecule has 3 nitrogen and oxygen atoms in total. The SMILES string of the molecule is C[Si](C)(C)C#CCc1ccc(F)c([N+](=O)[O-])c1. The predicted molar refractivity (Wildman–Crippen MR) is 67.9 cm³/mol. The maximum atomic E-state index is 13.1. The van der Waals surface area contributed by atoms with Crippen LogP contribution in [0.2, 0.25) is 19.6 Å². The highest BCUT2D eigenvalue weighted by Crippen LogP contribution is 2.18. The Balaban J connectivity index is 2.90. The van der Waals surface area contributed by atoms with E-state index in [9.17, 15) is 14.5 Å². The molecule has 0 radical (unpaired) electrons. The van der Waals surface area contributed by atoms with E-state index in [1.807, 2.05) is 0 Å². The van der Waals surface area contributed by atoms with Crippen molar-refractivity contribution >= 4 is 13.8 Å². The number of rotatable bonds is 2. The van der Waals surface area contributed by atoms with Crippen LogP contribution in [-0.4, -0.2) is 13.0 Å². The highest BCUT2D eigenvalue weighted by molar-refractivity contribution is 6.83. The van der Waals surface area contributed by atoms with Crippen molar-refractivity contribution in [2.45, 2.75) is 26.1 Å². The summed E-state index contributed by atoms with van der Waals surface area (Å²) in [5, 5.41) is 10.5. The van der Waals surface area contributed by atoms with Crippen LogP contribution >= 0.6 is 0 Å². The molecular formula is C12H14FNO2Si. The average molecular weight is 251 g/mol. The standard InChI is InChI=1S/C12H14FNO2Si/c1-17(2,3)8-4-5-10-6-7-11(13)12(9-10)14(15)16/h6-7,9H,5H2,1-3H3. The van der Waals surface area contributed by atoms with Gasteiger partial charge in [0.1, 0.15) is 8.07 Å². The van der Waals surface area contributed by atoms with E-state index in [0.29, 0.717) is 12.0 Å². The first-order valence-corrected chi connectivity index (χ1v) is 8.72. The first-order valence-electron chi connectivity index (χ1n) is 5.22. The van der Waals surface area contributed by atoms with Gasteiger partial charge < -0.3 is 0 Å². The van der Waals surface area contributed by atoms with Crippen LogP contribution in [-0.2, 0) is 6.42 Å². The summed E-state index contributed by atoms with van der Waals surface area (Å²) in [6.07, 6.45) is 0.422. The summed E-state index contributed by atoms with van der Waals surface area (Å²) in [7, 11) is -1.43. The molecule has 17 heavy (non-hydrogen) atoms. The van der Waals surface area contributed by atoms with Gasteiger partial charge in [-0.25, -0.2) is 0 Å². The van der Waals surface area contributed by atoms with Crippen molar-refractivity contribution in [3.63, 3.8) is 0 Å². The van der Waals surface area contributed by atoms with Crippen molar-refractivity contribution in [2.24, 2.45) is 0 Å². The number of benzene rings is 1. The second-order valence-corrected chi connectivity index (χ2v) is 9.52. The van der Waals surface area contributed by atoms with Crippen LogP contribution in [0.5, 0.6) is 0 Å². The molecule has 0 spiro atoms. The monoisotopic (exact) mass is 251 g/mol. The largest absolute Gasteiger partial charge is 0.305 e. The molecule has 90 valence electrons. The highest BCUT2D eigenvalue weighted by Gasteiger charge is 2.13. The zero-order chi connectivity index (χ0) is 13.1. The van der Waals surface area contributed by atoms with Gasteiger partial charge in [-0.2, -0.15) is 4.39 Å². The molecule has 0 saturated heterocycles. The Bertz CT molecular complexity index is 497. The third kappa shape index (κ3) is 4.37. The Morgan fingerprint density at radius 2 is 2.06 bits per heavy atom. The summed E-state index contributed by atoms with van der Waals surface area (Å²) in [6, 6.07) is 3.89. The Hall–Kier alpha value is -1.67. The third-order valence-corrected chi connectivity index (χ3v) is 2.89. The molecule has 0 saturated carbocycles. The van der Waals surface area contributed by atoms with Crippen LogP contribution in [0.4, 0.5) is 10.1 Å². The van der Waals surface area contributed by atoms with E-state index in [0.717, 1.165) is 6.07 Å². The zero-order valence-electron chi connectivity index (χ0n) is 10.1. The fourth-order valence-electron chi connectivity index (χ4n) is 1.22. The summed E-state index contributed by atoms with van der Waals surface area (Å²) in [5.74, 6) is 2.19. The minimum Gasteiger partial charge on any atom is -0.258 e. The molecule has 1 aromatic carbocycles. The van der Waals surface area contributed by atoms with Crippen molar-refractivity contribution in [3.8, 4) is 11.5 Å². The van der Waals surface area contributed by atoms with Crippen molar-refractivity contribution in [1.82, 2.24) is 0 Å².